The fourth-order valence-electron chi connectivity index (χ4n) is 1.21. The summed E-state index contributed by atoms with van der Waals surface area (Å²) >= 11 is 1.02. The normalized spacial score (nSPS) is 12.7. The molecule has 0 saturated heterocycles. The summed E-state index contributed by atoms with van der Waals surface area (Å²) in [6.07, 6.45) is -9.73. The van der Waals surface area contributed by atoms with Gasteiger partial charge < -0.3 is 4.74 Å². The van der Waals surface area contributed by atoms with Crippen LogP contribution in [0.5, 0.6) is 5.75 Å². The predicted molar refractivity (Wildman–Crippen MR) is 55.7 cm³/mol. The van der Waals surface area contributed by atoms with Crippen LogP contribution in [0.25, 0.3) is 0 Å². The summed E-state index contributed by atoms with van der Waals surface area (Å²) in [5.41, 5.74) is -2.73. The second kappa shape index (κ2) is 4.54. The van der Waals surface area contributed by atoms with Gasteiger partial charge in [0.05, 0.1) is 12.7 Å². The number of rotatable bonds is 1. The molecule has 0 aliphatic rings. The third kappa shape index (κ3) is 2.96. The van der Waals surface area contributed by atoms with Gasteiger partial charge >= 0.3 is 12.4 Å². The lowest BCUT2D eigenvalue weighted by atomic mass is 10.1. The van der Waals surface area contributed by atoms with E-state index in [1.54, 1.807) is 0 Å². The molecule has 17 heavy (non-hydrogen) atoms. The lowest BCUT2D eigenvalue weighted by Gasteiger charge is -2.17. The van der Waals surface area contributed by atoms with Crippen LogP contribution < -0.4 is 4.74 Å². The molecule has 1 nitrogen and oxygen atoms in total. The first-order valence-electron chi connectivity index (χ1n) is 4.10. The molecule has 1 aromatic rings. The smallest absolute Gasteiger partial charge is 0.421 e. The summed E-state index contributed by atoms with van der Waals surface area (Å²) in [4.78, 5) is 0. The highest BCUT2D eigenvalue weighted by atomic mass is 127. The van der Waals surface area contributed by atoms with Crippen molar-refractivity contribution in [1.82, 2.24) is 0 Å². The molecule has 0 bridgehead atoms. The van der Waals surface area contributed by atoms with E-state index in [1.807, 2.05) is 0 Å². The topological polar surface area (TPSA) is 9.23 Å². The van der Waals surface area contributed by atoms with Crippen LogP contribution in [0.3, 0.4) is 0 Å². The van der Waals surface area contributed by atoms with E-state index in [9.17, 15) is 26.3 Å². The first kappa shape index (κ1) is 14.4. The molecule has 96 valence electrons. The highest BCUT2D eigenvalue weighted by molar-refractivity contribution is 14.1. The molecular formula is C9H5F6IO. The third-order valence-corrected chi connectivity index (χ3v) is 3.03. The summed E-state index contributed by atoms with van der Waals surface area (Å²) in [7, 11) is 0.966. The van der Waals surface area contributed by atoms with Gasteiger partial charge in [0.25, 0.3) is 0 Å². The average Bonchev–Trinajstić information content (AvgIpc) is 2.12. The molecule has 8 heteroatoms. The molecule has 0 aliphatic carbocycles. The van der Waals surface area contributed by atoms with Gasteiger partial charge in [0.1, 0.15) is 11.3 Å². The molecule has 0 saturated carbocycles. The number of benzene rings is 1. The Kier molecular flexibility index (Phi) is 3.84. The standard InChI is InChI=1S/C9H5F6IO/c1-17-5-3-2-4(8(10,11)12)7(16)6(5)9(13,14)15/h2-3H,1H3. The highest BCUT2D eigenvalue weighted by Gasteiger charge is 2.42. The van der Waals surface area contributed by atoms with E-state index in [-0.39, 0.29) is 0 Å². The minimum atomic E-state index is -4.90. The quantitative estimate of drug-likeness (QED) is 0.528. The number of hydrogen-bond donors (Lipinski definition) is 0. The van der Waals surface area contributed by atoms with Gasteiger partial charge in [0.2, 0.25) is 0 Å². The zero-order chi connectivity index (χ0) is 13.4. The molecule has 0 radical (unpaired) electrons. The molecule has 0 fully saturated rings. The first-order chi connectivity index (χ1) is 7.59. The van der Waals surface area contributed by atoms with Gasteiger partial charge in [-0.15, -0.1) is 0 Å². The van der Waals surface area contributed by atoms with Gasteiger partial charge in [-0.25, -0.2) is 0 Å². The van der Waals surface area contributed by atoms with Gasteiger partial charge in [-0.3, -0.25) is 0 Å². The summed E-state index contributed by atoms with van der Waals surface area (Å²) in [6.45, 7) is 0. The van der Waals surface area contributed by atoms with E-state index in [2.05, 4.69) is 4.74 Å². The fourth-order valence-corrected chi connectivity index (χ4v) is 2.27. The second-order valence-electron chi connectivity index (χ2n) is 3.00. The largest absolute Gasteiger partial charge is 0.496 e. The van der Waals surface area contributed by atoms with Crippen molar-refractivity contribution >= 4 is 22.6 Å². The Morgan fingerprint density at radius 1 is 1.00 bits per heavy atom. The van der Waals surface area contributed by atoms with Crippen molar-refractivity contribution in [2.75, 3.05) is 7.11 Å². The van der Waals surface area contributed by atoms with Crippen LogP contribution in [0.15, 0.2) is 12.1 Å². The van der Waals surface area contributed by atoms with Crippen molar-refractivity contribution in [3.05, 3.63) is 26.8 Å². The molecule has 0 unspecified atom stereocenters. The Labute approximate surface area is 106 Å². The number of alkyl halides is 6. The van der Waals surface area contributed by atoms with Crippen LogP contribution in [-0.4, -0.2) is 7.11 Å². The van der Waals surface area contributed by atoms with Crippen molar-refractivity contribution in [2.24, 2.45) is 0 Å². The monoisotopic (exact) mass is 370 g/mol. The minimum absolute atomic E-state index is 0.565. The van der Waals surface area contributed by atoms with Crippen molar-refractivity contribution in [3.8, 4) is 5.75 Å². The Bertz CT molecular complexity index is 423. The molecule has 0 N–H and O–H groups in total. The van der Waals surface area contributed by atoms with Gasteiger partial charge in [-0.05, 0) is 34.7 Å². The molecule has 0 heterocycles. The maximum absolute atomic E-state index is 12.6. The van der Waals surface area contributed by atoms with E-state index in [0.29, 0.717) is 12.1 Å². The van der Waals surface area contributed by atoms with Crippen molar-refractivity contribution in [3.63, 3.8) is 0 Å². The summed E-state index contributed by atoms with van der Waals surface area (Å²) in [5.74, 6) is -0.630. The first-order valence-corrected chi connectivity index (χ1v) is 5.17. The summed E-state index contributed by atoms with van der Waals surface area (Å²) < 4.78 is 78.7. The zero-order valence-corrected chi connectivity index (χ0v) is 10.4. The molecule has 0 spiro atoms. The Balaban J connectivity index is 3.55. The highest BCUT2D eigenvalue weighted by Crippen LogP contribution is 2.44. The lowest BCUT2D eigenvalue weighted by Crippen LogP contribution is -2.15. The third-order valence-electron chi connectivity index (χ3n) is 1.91. The Morgan fingerprint density at radius 3 is 1.88 bits per heavy atom. The molecule has 1 aromatic carbocycles. The average molecular weight is 370 g/mol. The van der Waals surface area contributed by atoms with Crippen molar-refractivity contribution < 1.29 is 31.1 Å². The molecule has 1 rings (SSSR count). The molecular weight excluding hydrogens is 365 g/mol. The van der Waals surface area contributed by atoms with Crippen LogP contribution in [0, 0.1) is 3.57 Å². The number of halogens is 7. The van der Waals surface area contributed by atoms with Gasteiger partial charge in [-0.1, -0.05) is 0 Å². The molecule has 0 aliphatic heterocycles. The predicted octanol–water partition coefficient (Wildman–Crippen LogP) is 4.34. The summed E-state index contributed by atoms with van der Waals surface area (Å²) in [5, 5.41) is 0. The van der Waals surface area contributed by atoms with E-state index >= 15 is 0 Å². The molecule has 0 atom stereocenters. The summed E-state index contributed by atoms with van der Waals surface area (Å²) in [6, 6.07) is 1.23. The van der Waals surface area contributed by atoms with Crippen LogP contribution in [0.2, 0.25) is 0 Å². The van der Waals surface area contributed by atoms with E-state index in [1.165, 1.54) is 0 Å². The van der Waals surface area contributed by atoms with E-state index in [4.69, 9.17) is 0 Å². The fraction of sp³-hybridized carbons (Fsp3) is 0.333. The van der Waals surface area contributed by atoms with Crippen LogP contribution >= 0.6 is 22.6 Å². The van der Waals surface area contributed by atoms with Crippen molar-refractivity contribution in [2.45, 2.75) is 12.4 Å². The van der Waals surface area contributed by atoms with Crippen LogP contribution in [0.4, 0.5) is 26.3 Å². The van der Waals surface area contributed by atoms with Crippen LogP contribution in [0.1, 0.15) is 11.1 Å². The van der Waals surface area contributed by atoms with Gasteiger partial charge in [-0.2, -0.15) is 26.3 Å². The van der Waals surface area contributed by atoms with E-state index < -0.39 is 32.8 Å². The maximum atomic E-state index is 12.6. The Morgan fingerprint density at radius 2 is 1.53 bits per heavy atom. The number of ether oxygens (including phenoxy) is 1. The van der Waals surface area contributed by atoms with Crippen LogP contribution in [-0.2, 0) is 12.4 Å². The minimum Gasteiger partial charge on any atom is -0.496 e. The lowest BCUT2D eigenvalue weighted by molar-refractivity contribution is -0.145. The number of methoxy groups -OCH3 is 1. The Hall–Kier alpha value is -0.670. The van der Waals surface area contributed by atoms with Crippen molar-refractivity contribution in [1.29, 1.82) is 0 Å². The van der Waals surface area contributed by atoms with Gasteiger partial charge in [0.15, 0.2) is 0 Å². The molecule has 0 aromatic heterocycles. The number of hydrogen-bond acceptors (Lipinski definition) is 1. The maximum Gasteiger partial charge on any atom is 0.421 e. The second-order valence-corrected chi connectivity index (χ2v) is 4.08. The van der Waals surface area contributed by atoms with Gasteiger partial charge in [0, 0.05) is 3.57 Å². The molecule has 0 amide bonds. The zero-order valence-electron chi connectivity index (χ0n) is 8.21. The van der Waals surface area contributed by atoms with E-state index in [0.717, 1.165) is 29.7 Å². The SMILES string of the molecule is COc1ccc(C(F)(F)F)c(I)c1C(F)(F)F.